The lowest BCUT2D eigenvalue weighted by molar-refractivity contribution is -0.159. The van der Waals surface area contributed by atoms with Crippen LogP contribution in [0.5, 0.6) is 0 Å². The van der Waals surface area contributed by atoms with E-state index in [4.69, 9.17) is 0 Å². The Kier molecular flexibility index (Phi) is 2.22. The Bertz CT molecular complexity index is 276. The highest BCUT2D eigenvalue weighted by atomic mass is 16.6. The van der Waals surface area contributed by atoms with E-state index >= 15 is 0 Å². The third-order valence-electron chi connectivity index (χ3n) is 1.76. The molecule has 1 heterocycles. The minimum atomic E-state index is -1.10. The highest BCUT2D eigenvalue weighted by Crippen LogP contribution is 2.14. The zero-order valence-electron chi connectivity index (χ0n) is 7.60. The molecular weight excluding hydrogens is 176 g/mol. The summed E-state index contributed by atoms with van der Waals surface area (Å²) in [6.45, 7) is 1.18. The summed E-state index contributed by atoms with van der Waals surface area (Å²) in [4.78, 5) is 35.0. The topological polar surface area (TPSA) is 66.9 Å². The zero-order valence-corrected chi connectivity index (χ0v) is 7.60. The van der Waals surface area contributed by atoms with Crippen LogP contribution in [-0.2, 0) is 14.3 Å². The maximum atomic E-state index is 11.2. The Morgan fingerprint density at radius 2 is 1.92 bits per heavy atom. The third kappa shape index (κ3) is 1.47. The summed E-state index contributed by atoms with van der Waals surface area (Å²) in [6, 6.07) is -0.476. The average Bonchev–Trinajstić information content (AvgIpc) is 2.22. The molecule has 6 heteroatoms. The molecule has 3 amide bonds. The Labute approximate surface area is 75.0 Å². The quantitative estimate of drug-likeness (QED) is 0.405. The molecule has 1 atom stereocenters. The summed E-state index contributed by atoms with van der Waals surface area (Å²) in [5, 5.41) is 0. The van der Waals surface area contributed by atoms with Gasteiger partial charge >= 0.3 is 12.0 Å². The van der Waals surface area contributed by atoms with Crippen LogP contribution in [-0.4, -0.2) is 48.0 Å². The van der Waals surface area contributed by atoms with Gasteiger partial charge in [-0.15, -0.1) is 0 Å². The van der Waals surface area contributed by atoms with Gasteiger partial charge in [-0.2, -0.15) is 0 Å². The maximum absolute atomic E-state index is 11.2. The largest absolute Gasteiger partial charge is 0.432 e. The van der Waals surface area contributed by atoms with Crippen LogP contribution in [0.4, 0.5) is 4.79 Å². The second-order valence-electron chi connectivity index (χ2n) is 2.75. The van der Waals surface area contributed by atoms with E-state index in [1.807, 2.05) is 0 Å². The van der Waals surface area contributed by atoms with Crippen molar-refractivity contribution in [3.63, 3.8) is 0 Å². The van der Waals surface area contributed by atoms with E-state index in [0.29, 0.717) is 0 Å². The first kappa shape index (κ1) is 9.50. The number of imide groups is 1. The minimum Gasteiger partial charge on any atom is -0.432 e. The molecule has 1 rings (SSSR count). The van der Waals surface area contributed by atoms with Gasteiger partial charge in [0.1, 0.15) is 0 Å². The lowest BCUT2D eigenvalue weighted by Crippen LogP contribution is -2.35. The van der Waals surface area contributed by atoms with Crippen molar-refractivity contribution in [3.8, 4) is 0 Å². The standard InChI is InChI=1S/C7H10N2O4/c1-4(10)13-6-5(11)8(2)7(12)9(6)3/h6H,1-3H3. The number of hydrogen-bond donors (Lipinski definition) is 0. The van der Waals surface area contributed by atoms with Gasteiger partial charge in [0.25, 0.3) is 12.1 Å². The molecule has 72 valence electrons. The summed E-state index contributed by atoms with van der Waals surface area (Å²) < 4.78 is 4.65. The molecule has 0 aliphatic carbocycles. The molecule has 0 N–H and O–H groups in total. The van der Waals surface area contributed by atoms with E-state index in [1.165, 1.54) is 21.0 Å². The molecule has 1 fully saturated rings. The van der Waals surface area contributed by atoms with Crippen molar-refractivity contribution in [2.75, 3.05) is 14.1 Å². The molecule has 6 nitrogen and oxygen atoms in total. The monoisotopic (exact) mass is 186 g/mol. The fourth-order valence-corrected chi connectivity index (χ4v) is 1.05. The molecule has 0 saturated carbocycles. The zero-order chi connectivity index (χ0) is 10.2. The maximum Gasteiger partial charge on any atom is 0.329 e. The first-order chi connectivity index (χ1) is 5.95. The predicted molar refractivity (Wildman–Crippen MR) is 41.5 cm³/mol. The van der Waals surface area contributed by atoms with Crippen molar-refractivity contribution in [3.05, 3.63) is 0 Å². The number of rotatable bonds is 1. The Morgan fingerprint density at radius 1 is 1.38 bits per heavy atom. The second-order valence-corrected chi connectivity index (χ2v) is 2.75. The fraction of sp³-hybridized carbons (Fsp3) is 0.571. The van der Waals surface area contributed by atoms with Crippen LogP contribution in [0.15, 0.2) is 0 Å². The number of nitrogens with zero attached hydrogens (tertiary/aromatic N) is 2. The minimum absolute atomic E-state index is 0.476. The van der Waals surface area contributed by atoms with Gasteiger partial charge in [0.15, 0.2) is 0 Å². The smallest absolute Gasteiger partial charge is 0.329 e. The third-order valence-corrected chi connectivity index (χ3v) is 1.76. The van der Waals surface area contributed by atoms with Crippen LogP contribution in [0.2, 0.25) is 0 Å². The van der Waals surface area contributed by atoms with Gasteiger partial charge < -0.3 is 4.74 Å². The van der Waals surface area contributed by atoms with E-state index < -0.39 is 24.1 Å². The van der Waals surface area contributed by atoms with E-state index in [1.54, 1.807) is 0 Å². The van der Waals surface area contributed by atoms with Crippen molar-refractivity contribution in [1.82, 2.24) is 9.80 Å². The number of carbonyl (C=O) groups excluding carboxylic acids is 3. The van der Waals surface area contributed by atoms with E-state index in [9.17, 15) is 14.4 Å². The van der Waals surface area contributed by atoms with Crippen LogP contribution in [0.3, 0.4) is 0 Å². The molecule has 13 heavy (non-hydrogen) atoms. The lowest BCUT2D eigenvalue weighted by Gasteiger charge is -2.14. The number of urea groups is 1. The average molecular weight is 186 g/mol. The van der Waals surface area contributed by atoms with Crippen molar-refractivity contribution in [2.24, 2.45) is 0 Å². The molecular formula is C7H10N2O4. The molecule has 0 aromatic heterocycles. The van der Waals surface area contributed by atoms with Gasteiger partial charge in [0.05, 0.1) is 0 Å². The van der Waals surface area contributed by atoms with Gasteiger partial charge in [0.2, 0.25) is 0 Å². The number of ether oxygens (including phenoxy) is 1. The molecule has 1 aliphatic rings. The normalized spacial score (nSPS) is 22.5. The van der Waals surface area contributed by atoms with Crippen LogP contribution in [0, 0.1) is 0 Å². The van der Waals surface area contributed by atoms with Gasteiger partial charge in [-0.1, -0.05) is 0 Å². The van der Waals surface area contributed by atoms with Gasteiger partial charge in [0, 0.05) is 21.0 Å². The Balaban J connectivity index is 2.81. The van der Waals surface area contributed by atoms with Crippen LogP contribution in [0.1, 0.15) is 6.92 Å². The Morgan fingerprint density at radius 3 is 2.23 bits per heavy atom. The second kappa shape index (κ2) is 3.04. The molecule has 0 radical (unpaired) electrons. The molecule has 0 spiro atoms. The number of likely N-dealkylation sites (N-methyl/N-ethyl adjacent to an activating group) is 2. The number of esters is 1. The summed E-state index contributed by atoms with van der Waals surface area (Å²) in [7, 11) is 2.74. The molecule has 0 aromatic rings. The molecule has 0 aromatic carbocycles. The van der Waals surface area contributed by atoms with Crippen molar-refractivity contribution in [2.45, 2.75) is 13.2 Å². The number of amides is 3. The number of carbonyl (C=O) groups is 3. The molecule has 1 unspecified atom stereocenters. The van der Waals surface area contributed by atoms with E-state index in [2.05, 4.69) is 4.74 Å². The van der Waals surface area contributed by atoms with E-state index in [0.717, 1.165) is 9.80 Å². The SMILES string of the molecule is CC(=O)OC1C(=O)N(C)C(=O)N1C. The highest BCUT2D eigenvalue weighted by molar-refractivity contribution is 6.03. The van der Waals surface area contributed by atoms with E-state index in [-0.39, 0.29) is 0 Å². The first-order valence-corrected chi connectivity index (χ1v) is 3.66. The van der Waals surface area contributed by atoms with Crippen molar-refractivity contribution < 1.29 is 19.1 Å². The summed E-state index contributed by atoms with van der Waals surface area (Å²) in [5.74, 6) is -1.11. The van der Waals surface area contributed by atoms with Gasteiger partial charge in [-0.25, -0.2) is 4.79 Å². The summed E-state index contributed by atoms with van der Waals surface area (Å²) in [6.07, 6.45) is -1.10. The number of hydrogen-bond acceptors (Lipinski definition) is 4. The highest BCUT2D eigenvalue weighted by Gasteiger charge is 2.43. The van der Waals surface area contributed by atoms with Crippen LogP contribution in [0.25, 0.3) is 0 Å². The fourth-order valence-electron chi connectivity index (χ4n) is 1.05. The molecule has 1 aliphatic heterocycles. The molecule has 0 bridgehead atoms. The predicted octanol–water partition coefficient (Wildman–Crippen LogP) is -0.601. The summed E-state index contributed by atoms with van der Waals surface area (Å²) in [5.41, 5.74) is 0. The van der Waals surface area contributed by atoms with Crippen LogP contribution >= 0.6 is 0 Å². The first-order valence-electron chi connectivity index (χ1n) is 3.66. The van der Waals surface area contributed by atoms with Crippen molar-refractivity contribution >= 4 is 17.9 Å². The van der Waals surface area contributed by atoms with Crippen molar-refractivity contribution in [1.29, 1.82) is 0 Å². The Hall–Kier alpha value is -1.59. The van der Waals surface area contributed by atoms with Gasteiger partial charge in [-0.3, -0.25) is 19.4 Å². The van der Waals surface area contributed by atoms with Gasteiger partial charge in [-0.05, 0) is 0 Å². The lowest BCUT2D eigenvalue weighted by atomic mass is 10.5. The molecule has 1 saturated heterocycles. The van der Waals surface area contributed by atoms with Crippen LogP contribution < -0.4 is 0 Å². The summed E-state index contributed by atoms with van der Waals surface area (Å²) >= 11 is 0.